The summed E-state index contributed by atoms with van der Waals surface area (Å²) in [5.41, 5.74) is 2.27. The molecule has 0 saturated carbocycles. The molecule has 0 saturated heterocycles. The second-order valence-electron chi connectivity index (χ2n) is 5.27. The van der Waals surface area contributed by atoms with Crippen LogP contribution in [0.5, 0.6) is 23.0 Å². The lowest BCUT2D eigenvalue weighted by Crippen LogP contribution is -2.17. The molecule has 0 amide bonds. The van der Waals surface area contributed by atoms with Gasteiger partial charge in [0.15, 0.2) is 11.5 Å². The standard InChI is InChI=1S/C19H25NO4.ClH/c1-21-16-8-6-5-7-15(16)13-20-10-9-14-11-17(22-2)19(24-4)18(12-14)23-3;/h5-8,11-12,20H,9-10,13H2,1-4H3;1H. The maximum Gasteiger partial charge on any atom is 0.203 e. The number of halogens is 1. The van der Waals surface area contributed by atoms with Gasteiger partial charge >= 0.3 is 0 Å². The molecular weight excluding hydrogens is 342 g/mol. The van der Waals surface area contributed by atoms with E-state index in [9.17, 15) is 0 Å². The fourth-order valence-corrected chi connectivity index (χ4v) is 2.58. The molecule has 0 aliphatic heterocycles. The van der Waals surface area contributed by atoms with E-state index in [1.165, 1.54) is 0 Å². The number of para-hydroxylation sites is 1. The van der Waals surface area contributed by atoms with Crippen LogP contribution in [0.15, 0.2) is 36.4 Å². The molecule has 2 aromatic carbocycles. The van der Waals surface area contributed by atoms with Crippen LogP contribution in [-0.2, 0) is 13.0 Å². The van der Waals surface area contributed by atoms with Crippen LogP contribution < -0.4 is 24.3 Å². The zero-order valence-electron chi connectivity index (χ0n) is 15.1. The van der Waals surface area contributed by atoms with Crippen LogP contribution in [0, 0.1) is 0 Å². The minimum Gasteiger partial charge on any atom is -0.496 e. The van der Waals surface area contributed by atoms with E-state index in [1.54, 1.807) is 28.4 Å². The Hall–Kier alpha value is -2.11. The molecule has 2 aromatic rings. The molecule has 0 unspecified atom stereocenters. The van der Waals surface area contributed by atoms with E-state index in [0.29, 0.717) is 17.2 Å². The molecule has 0 aliphatic rings. The molecule has 0 aromatic heterocycles. The van der Waals surface area contributed by atoms with Crippen molar-refractivity contribution < 1.29 is 18.9 Å². The second-order valence-corrected chi connectivity index (χ2v) is 5.27. The lowest BCUT2D eigenvalue weighted by atomic mass is 10.1. The Labute approximate surface area is 155 Å². The van der Waals surface area contributed by atoms with Gasteiger partial charge in [0.1, 0.15) is 5.75 Å². The van der Waals surface area contributed by atoms with Crippen LogP contribution in [0.1, 0.15) is 11.1 Å². The Kier molecular flexibility index (Phi) is 8.95. The highest BCUT2D eigenvalue weighted by Crippen LogP contribution is 2.38. The summed E-state index contributed by atoms with van der Waals surface area (Å²) in [4.78, 5) is 0. The van der Waals surface area contributed by atoms with E-state index < -0.39 is 0 Å². The van der Waals surface area contributed by atoms with Crippen molar-refractivity contribution in [3.63, 3.8) is 0 Å². The van der Waals surface area contributed by atoms with Crippen molar-refractivity contribution in [3.8, 4) is 23.0 Å². The average molecular weight is 368 g/mol. The summed E-state index contributed by atoms with van der Waals surface area (Å²) in [6, 6.07) is 12.0. The number of benzene rings is 2. The van der Waals surface area contributed by atoms with Crippen molar-refractivity contribution in [2.75, 3.05) is 35.0 Å². The monoisotopic (exact) mass is 367 g/mol. The van der Waals surface area contributed by atoms with Gasteiger partial charge in [-0.05, 0) is 36.7 Å². The first-order chi connectivity index (χ1) is 11.7. The Bertz CT molecular complexity index is 639. The summed E-state index contributed by atoms with van der Waals surface area (Å²) in [6.45, 7) is 1.59. The third-order valence-corrected chi connectivity index (χ3v) is 3.82. The minimum atomic E-state index is 0. The number of nitrogens with one attached hydrogen (secondary N) is 1. The summed E-state index contributed by atoms with van der Waals surface area (Å²) < 4.78 is 21.5. The zero-order chi connectivity index (χ0) is 17.4. The van der Waals surface area contributed by atoms with E-state index in [-0.39, 0.29) is 12.4 Å². The molecule has 138 valence electrons. The van der Waals surface area contributed by atoms with E-state index in [1.807, 2.05) is 30.3 Å². The van der Waals surface area contributed by atoms with Gasteiger partial charge in [-0.3, -0.25) is 0 Å². The van der Waals surface area contributed by atoms with Crippen LogP contribution in [0.2, 0.25) is 0 Å². The zero-order valence-corrected chi connectivity index (χ0v) is 15.9. The highest BCUT2D eigenvalue weighted by atomic mass is 35.5. The van der Waals surface area contributed by atoms with Crippen molar-refractivity contribution in [1.29, 1.82) is 0 Å². The predicted octanol–water partition coefficient (Wildman–Crippen LogP) is 3.48. The quantitative estimate of drug-likeness (QED) is 0.688. The van der Waals surface area contributed by atoms with Crippen LogP contribution in [0.3, 0.4) is 0 Å². The number of hydrogen-bond donors (Lipinski definition) is 1. The lowest BCUT2D eigenvalue weighted by molar-refractivity contribution is 0.323. The lowest BCUT2D eigenvalue weighted by Gasteiger charge is -2.14. The molecule has 0 atom stereocenters. The normalized spacial score (nSPS) is 9.92. The topological polar surface area (TPSA) is 49.0 Å². The van der Waals surface area contributed by atoms with Gasteiger partial charge in [-0.2, -0.15) is 0 Å². The van der Waals surface area contributed by atoms with Crippen LogP contribution in [0.4, 0.5) is 0 Å². The van der Waals surface area contributed by atoms with Gasteiger partial charge in [-0.1, -0.05) is 18.2 Å². The minimum absolute atomic E-state index is 0. The van der Waals surface area contributed by atoms with E-state index in [4.69, 9.17) is 18.9 Å². The van der Waals surface area contributed by atoms with Gasteiger partial charge < -0.3 is 24.3 Å². The summed E-state index contributed by atoms with van der Waals surface area (Å²) in [7, 11) is 6.55. The van der Waals surface area contributed by atoms with Crippen molar-refractivity contribution >= 4 is 12.4 Å². The summed E-state index contributed by atoms with van der Waals surface area (Å²) in [5.74, 6) is 2.87. The SMILES string of the molecule is COc1ccccc1CNCCc1cc(OC)c(OC)c(OC)c1.Cl. The first kappa shape index (κ1) is 20.9. The number of hydrogen-bond acceptors (Lipinski definition) is 5. The highest BCUT2D eigenvalue weighted by Gasteiger charge is 2.12. The van der Waals surface area contributed by atoms with Gasteiger partial charge in [0, 0.05) is 12.1 Å². The maximum absolute atomic E-state index is 5.38. The molecule has 0 fully saturated rings. The molecule has 0 aliphatic carbocycles. The molecule has 1 N–H and O–H groups in total. The van der Waals surface area contributed by atoms with Crippen LogP contribution >= 0.6 is 12.4 Å². The van der Waals surface area contributed by atoms with Crippen molar-refractivity contribution in [2.24, 2.45) is 0 Å². The Balaban J connectivity index is 0.00000312. The largest absolute Gasteiger partial charge is 0.496 e. The molecule has 5 nitrogen and oxygen atoms in total. The maximum atomic E-state index is 5.38. The van der Waals surface area contributed by atoms with Crippen molar-refractivity contribution in [2.45, 2.75) is 13.0 Å². The van der Waals surface area contributed by atoms with E-state index in [2.05, 4.69) is 11.4 Å². The number of ether oxygens (including phenoxy) is 4. The van der Waals surface area contributed by atoms with Gasteiger partial charge in [-0.25, -0.2) is 0 Å². The van der Waals surface area contributed by atoms with Crippen LogP contribution in [0.25, 0.3) is 0 Å². The molecule has 0 bridgehead atoms. The number of rotatable bonds is 9. The Morgan fingerprint density at radius 1 is 0.800 bits per heavy atom. The third-order valence-electron chi connectivity index (χ3n) is 3.82. The van der Waals surface area contributed by atoms with Gasteiger partial charge in [0.2, 0.25) is 5.75 Å². The average Bonchev–Trinajstić information content (AvgIpc) is 2.64. The number of methoxy groups -OCH3 is 4. The summed E-state index contributed by atoms with van der Waals surface area (Å²) in [6.07, 6.45) is 0.853. The van der Waals surface area contributed by atoms with Crippen LogP contribution in [-0.4, -0.2) is 35.0 Å². The second kappa shape index (κ2) is 10.7. The van der Waals surface area contributed by atoms with Crippen molar-refractivity contribution in [3.05, 3.63) is 47.5 Å². The summed E-state index contributed by atoms with van der Waals surface area (Å²) >= 11 is 0. The first-order valence-electron chi connectivity index (χ1n) is 7.85. The van der Waals surface area contributed by atoms with Crippen molar-refractivity contribution in [1.82, 2.24) is 5.32 Å². The molecule has 25 heavy (non-hydrogen) atoms. The molecule has 0 heterocycles. The Morgan fingerprint density at radius 2 is 1.40 bits per heavy atom. The van der Waals surface area contributed by atoms with Gasteiger partial charge in [0.05, 0.1) is 28.4 Å². The highest BCUT2D eigenvalue weighted by molar-refractivity contribution is 5.85. The predicted molar refractivity (Wildman–Crippen MR) is 102 cm³/mol. The first-order valence-corrected chi connectivity index (χ1v) is 7.85. The molecular formula is C19H26ClNO4. The van der Waals surface area contributed by atoms with Gasteiger partial charge in [-0.15, -0.1) is 12.4 Å². The molecule has 6 heteroatoms. The fourth-order valence-electron chi connectivity index (χ4n) is 2.58. The molecule has 0 spiro atoms. The van der Waals surface area contributed by atoms with E-state index >= 15 is 0 Å². The third kappa shape index (κ3) is 5.44. The molecule has 0 radical (unpaired) electrons. The summed E-state index contributed by atoms with van der Waals surface area (Å²) in [5, 5.41) is 3.44. The smallest absolute Gasteiger partial charge is 0.203 e. The Morgan fingerprint density at radius 3 is 1.96 bits per heavy atom. The molecule has 2 rings (SSSR count). The fraction of sp³-hybridized carbons (Fsp3) is 0.368. The van der Waals surface area contributed by atoms with Gasteiger partial charge in [0.25, 0.3) is 0 Å². The van der Waals surface area contributed by atoms with E-state index in [0.717, 1.165) is 36.4 Å².